The van der Waals surface area contributed by atoms with Crippen molar-refractivity contribution in [3.63, 3.8) is 0 Å². The number of rotatable bonds is 2. The summed E-state index contributed by atoms with van der Waals surface area (Å²) in [5.74, 6) is 1.48. The van der Waals surface area contributed by atoms with Crippen molar-refractivity contribution in [3.8, 4) is 22.1 Å². The molecule has 0 aliphatic rings. The zero-order valence-corrected chi connectivity index (χ0v) is 13.0. The lowest BCUT2D eigenvalue weighted by molar-refractivity contribution is 1.10. The Labute approximate surface area is 125 Å². The standard InChI is InChI=1S/C12H7Br2N3S/c13-7-3-4-9(14)8(6-7)11-15-12(17-16-11)10-2-1-5-18-10/h1-6H,(H,15,16,17). The molecule has 0 bridgehead atoms. The molecule has 18 heavy (non-hydrogen) atoms. The number of hydrogen-bond acceptors (Lipinski definition) is 3. The van der Waals surface area contributed by atoms with Crippen LogP contribution in [0.4, 0.5) is 0 Å². The molecule has 2 aromatic heterocycles. The lowest BCUT2D eigenvalue weighted by Gasteiger charge is -1.99. The van der Waals surface area contributed by atoms with Crippen molar-refractivity contribution in [2.45, 2.75) is 0 Å². The second kappa shape index (κ2) is 4.95. The van der Waals surface area contributed by atoms with Crippen LogP contribution in [0.1, 0.15) is 0 Å². The zero-order valence-electron chi connectivity index (χ0n) is 9.02. The lowest BCUT2D eigenvalue weighted by atomic mass is 10.2. The van der Waals surface area contributed by atoms with Crippen LogP contribution in [0.3, 0.4) is 0 Å². The molecule has 3 rings (SSSR count). The second-order valence-electron chi connectivity index (χ2n) is 3.61. The monoisotopic (exact) mass is 383 g/mol. The number of hydrogen-bond donors (Lipinski definition) is 1. The Balaban J connectivity index is 2.05. The minimum atomic E-state index is 0.687. The third-order valence-electron chi connectivity index (χ3n) is 2.41. The highest BCUT2D eigenvalue weighted by Crippen LogP contribution is 2.30. The Morgan fingerprint density at radius 2 is 2.06 bits per heavy atom. The van der Waals surface area contributed by atoms with Gasteiger partial charge >= 0.3 is 0 Å². The van der Waals surface area contributed by atoms with Crippen molar-refractivity contribution in [2.24, 2.45) is 0 Å². The molecule has 3 aromatic rings. The molecule has 0 saturated carbocycles. The topological polar surface area (TPSA) is 41.6 Å². The van der Waals surface area contributed by atoms with E-state index in [1.807, 2.05) is 35.7 Å². The first-order valence-corrected chi connectivity index (χ1v) is 7.62. The third kappa shape index (κ3) is 2.28. The molecule has 0 unspecified atom stereocenters. The molecule has 1 N–H and O–H groups in total. The van der Waals surface area contributed by atoms with E-state index in [0.717, 1.165) is 25.2 Å². The minimum absolute atomic E-state index is 0.687. The van der Waals surface area contributed by atoms with Crippen LogP contribution in [0.25, 0.3) is 22.1 Å². The largest absolute Gasteiger partial charge is 0.258 e. The van der Waals surface area contributed by atoms with Crippen LogP contribution in [-0.2, 0) is 0 Å². The summed E-state index contributed by atoms with van der Waals surface area (Å²) in [6, 6.07) is 9.95. The highest BCUT2D eigenvalue weighted by Gasteiger charge is 2.11. The molecule has 6 heteroatoms. The first-order valence-electron chi connectivity index (χ1n) is 5.16. The summed E-state index contributed by atoms with van der Waals surface area (Å²) in [5.41, 5.74) is 0.962. The number of aromatic amines is 1. The fraction of sp³-hybridized carbons (Fsp3) is 0. The summed E-state index contributed by atoms with van der Waals surface area (Å²) in [6.45, 7) is 0. The quantitative estimate of drug-likeness (QED) is 0.694. The van der Waals surface area contributed by atoms with Gasteiger partial charge in [-0.25, -0.2) is 4.98 Å². The van der Waals surface area contributed by atoms with Crippen molar-refractivity contribution in [1.82, 2.24) is 15.2 Å². The highest BCUT2D eigenvalue weighted by atomic mass is 79.9. The molecule has 0 radical (unpaired) electrons. The molecule has 0 atom stereocenters. The third-order valence-corrected chi connectivity index (χ3v) is 4.47. The number of H-pyrrole nitrogens is 1. The van der Waals surface area contributed by atoms with E-state index in [9.17, 15) is 0 Å². The van der Waals surface area contributed by atoms with Gasteiger partial charge in [-0.15, -0.1) is 11.3 Å². The minimum Gasteiger partial charge on any atom is -0.258 e. The summed E-state index contributed by atoms with van der Waals surface area (Å²) in [6.07, 6.45) is 0. The number of nitrogens with one attached hydrogen (secondary N) is 1. The summed E-state index contributed by atoms with van der Waals surface area (Å²) in [7, 11) is 0. The summed E-state index contributed by atoms with van der Waals surface area (Å²) < 4.78 is 1.98. The van der Waals surface area contributed by atoms with Gasteiger partial charge in [-0.05, 0) is 29.6 Å². The second-order valence-corrected chi connectivity index (χ2v) is 6.33. The van der Waals surface area contributed by atoms with Crippen LogP contribution in [0.5, 0.6) is 0 Å². The fourth-order valence-electron chi connectivity index (χ4n) is 1.57. The van der Waals surface area contributed by atoms with E-state index >= 15 is 0 Å². The van der Waals surface area contributed by atoms with Crippen LogP contribution in [-0.4, -0.2) is 15.2 Å². The molecule has 3 nitrogen and oxygen atoms in total. The molecule has 0 spiro atoms. The van der Waals surface area contributed by atoms with E-state index < -0.39 is 0 Å². The average Bonchev–Trinajstić information content (AvgIpc) is 3.00. The molecule has 1 aromatic carbocycles. The maximum Gasteiger partial charge on any atom is 0.182 e. The predicted octanol–water partition coefficient (Wildman–Crippen LogP) is 4.73. The maximum atomic E-state index is 4.52. The fourth-order valence-corrected chi connectivity index (χ4v) is 3.02. The maximum absolute atomic E-state index is 4.52. The molecular formula is C12H7Br2N3S. The number of benzene rings is 1. The molecule has 90 valence electrons. The van der Waals surface area contributed by atoms with Gasteiger partial charge in [0.05, 0.1) is 4.88 Å². The van der Waals surface area contributed by atoms with Gasteiger partial charge in [0.2, 0.25) is 0 Å². The Bertz CT molecular complexity index is 676. The molecular weight excluding hydrogens is 378 g/mol. The van der Waals surface area contributed by atoms with Crippen molar-refractivity contribution in [2.75, 3.05) is 0 Å². The van der Waals surface area contributed by atoms with E-state index in [2.05, 4.69) is 47.0 Å². The van der Waals surface area contributed by atoms with E-state index in [0.29, 0.717) is 5.82 Å². The molecule has 0 amide bonds. The highest BCUT2D eigenvalue weighted by molar-refractivity contribution is 9.11. The normalized spacial score (nSPS) is 10.8. The van der Waals surface area contributed by atoms with Crippen LogP contribution >= 0.6 is 43.2 Å². The first kappa shape index (κ1) is 12.1. The Morgan fingerprint density at radius 1 is 1.17 bits per heavy atom. The van der Waals surface area contributed by atoms with Crippen LogP contribution in [0.2, 0.25) is 0 Å². The van der Waals surface area contributed by atoms with Gasteiger partial charge in [-0.2, -0.15) is 5.10 Å². The Hall–Kier alpha value is -0.980. The summed E-state index contributed by atoms with van der Waals surface area (Å²) >= 11 is 8.60. The van der Waals surface area contributed by atoms with E-state index in [1.165, 1.54) is 0 Å². The van der Waals surface area contributed by atoms with Crippen LogP contribution in [0.15, 0.2) is 44.7 Å². The number of aromatic nitrogens is 3. The van der Waals surface area contributed by atoms with E-state index in [4.69, 9.17) is 0 Å². The molecule has 2 heterocycles. The summed E-state index contributed by atoms with van der Waals surface area (Å²) in [4.78, 5) is 5.60. The van der Waals surface area contributed by atoms with Gasteiger partial charge in [0.25, 0.3) is 0 Å². The van der Waals surface area contributed by atoms with Gasteiger partial charge in [-0.3, -0.25) is 5.10 Å². The number of thiophene rings is 1. The number of nitrogens with zero attached hydrogens (tertiary/aromatic N) is 2. The van der Waals surface area contributed by atoms with Gasteiger partial charge in [0.15, 0.2) is 11.6 Å². The van der Waals surface area contributed by atoms with Crippen molar-refractivity contribution < 1.29 is 0 Å². The average molecular weight is 385 g/mol. The van der Waals surface area contributed by atoms with E-state index in [1.54, 1.807) is 11.3 Å². The first-order chi connectivity index (χ1) is 8.74. The van der Waals surface area contributed by atoms with Crippen molar-refractivity contribution in [1.29, 1.82) is 0 Å². The Morgan fingerprint density at radius 3 is 2.83 bits per heavy atom. The SMILES string of the molecule is Brc1ccc(Br)c(-c2n[nH]c(-c3cccs3)n2)c1. The molecule has 0 fully saturated rings. The van der Waals surface area contributed by atoms with Crippen molar-refractivity contribution >= 4 is 43.2 Å². The molecule has 0 saturated heterocycles. The zero-order chi connectivity index (χ0) is 12.5. The van der Waals surface area contributed by atoms with Crippen LogP contribution < -0.4 is 0 Å². The molecule has 0 aliphatic heterocycles. The van der Waals surface area contributed by atoms with Gasteiger partial charge in [0, 0.05) is 14.5 Å². The van der Waals surface area contributed by atoms with Crippen molar-refractivity contribution in [3.05, 3.63) is 44.7 Å². The smallest absolute Gasteiger partial charge is 0.182 e. The lowest BCUT2D eigenvalue weighted by Crippen LogP contribution is -1.83. The van der Waals surface area contributed by atoms with Crippen LogP contribution in [0, 0.1) is 0 Å². The Kier molecular flexibility index (Phi) is 3.32. The summed E-state index contributed by atoms with van der Waals surface area (Å²) in [5, 5.41) is 9.25. The predicted molar refractivity (Wildman–Crippen MR) is 80.5 cm³/mol. The van der Waals surface area contributed by atoms with Gasteiger partial charge < -0.3 is 0 Å². The van der Waals surface area contributed by atoms with E-state index in [-0.39, 0.29) is 0 Å². The molecule has 0 aliphatic carbocycles. The van der Waals surface area contributed by atoms with Gasteiger partial charge in [-0.1, -0.05) is 37.9 Å². The van der Waals surface area contributed by atoms with Gasteiger partial charge in [0.1, 0.15) is 0 Å². The number of halogens is 2.